The zero-order valence-corrected chi connectivity index (χ0v) is 12.8. The smallest absolute Gasteiger partial charge is 0.298 e. The number of nitrogens with zero attached hydrogens (tertiary/aromatic N) is 2. The van der Waals surface area contributed by atoms with Crippen LogP contribution in [0.2, 0.25) is 0 Å². The lowest BCUT2D eigenvalue weighted by molar-refractivity contribution is -0.403. The summed E-state index contributed by atoms with van der Waals surface area (Å²) in [6.45, 7) is 0. The van der Waals surface area contributed by atoms with Gasteiger partial charge in [-0.3, -0.25) is 9.78 Å². The van der Waals surface area contributed by atoms with Crippen LogP contribution in [0, 0.1) is 0 Å². The minimum atomic E-state index is -0.268. The molecule has 0 aliphatic carbocycles. The van der Waals surface area contributed by atoms with E-state index in [0.29, 0.717) is 0 Å². The summed E-state index contributed by atoms with van der Waals surface area (Å²) in [5, 5.41) is 5.03. The average molecular weight is 303 g/mol. The molecule has 1 unspecified atom stereocenters. The van der Waals surface area contributed by atoms with E-state index in [1.807, 2.05) is 36.6 Å². The minimum absolute atomic E-state index is 0.150. The highest BCUT2D eigenvalue weighted by Gasteiger charge is 2.15. The Labute approximate surface area is 128 Å². The molecule has 110 valence electrons. The molecule has 1 amide bonds. The Morgan fingerprint density at radius 2 is 2.38 bits per heavy atom. The quantitative estimate of drug-likeness (QED) is 0.618. The van der Waals surface area contributed by atoms with Crippen molar-refractivity contribution in [1.82, 2.24) is 10.4 Å². The van der Waals surface area contributed by atoms with Crippen LogP contribution < -0.4 is 11.2 Å². The summed E-state index contributed by atoms with van der Waals surface area (Å²) >= 11 is 1.70. The molecule has 1 atom stereocenters. The van der Waals surface area contributed by atoms with Crippen LogP contribution in [0.25, 0.3) is 10.9 Å². The van der Waals surface area contributed by atoms with Crippen molar-refractivity contribution in [3.8, 4) is 0 Å². The molecule has 0 aliphatic heterocycles. The summed E-state index contributed by atoms with van der Waals surface area (Å²) in [4.78, 5) is 16.0. The zero-order chi connectivity index (χ0) is 15.1. The highest BCUT2D eigenvalue weighted by Crippen LogP contribution is 2.11. The fourth-order valence-electron chi connectivity index (χ4n) is 1.83. The first-order chi connectivity index (χ1) is 10.2. The maximum atomic E-state index is 11.7. The molecule has 0 saturated heterocycles. The van der Waals surface area contributed by atoms with Gasteiger partial charge in [0.05, 0.1) is 11.7 Å². The standard InChI is InChI=1S/C15H18N4OS/c1-21-8-6-13(16)15(20)19-18-10-11-4-5-14-12(9-11)3-2-7-17-14/h2-5,7,9-10,13H,6,8,16H2,1H3,(H,19,20)/p+1. The summed E-state index contributed by atoms with van der Waals surface area (Å²) in [6.07, 6.45) is 6.16. The number of amides is 1. The number of nitrogens with one attached hydrogen (secondary N) is 1. The number of hydrogen-bond acceptors (Lipinski definition) is 4. The van der Waals surface area contributed by atoms with E-state index in [1.54, 1.807) is 24.2 Å². The summed E-state index contributed by atoms with van der Waals surface area (Å²) in [6, 6.07) is 9.45. The normalized spacial score (nSPS) is 12.7. The third-order valence-electron chi connectivity index (χ3n) is 3.06. The van der Waals surface area contributed by atoms with Crippen molar-refractivity contribution >= 4 is 34.8 Å². The summed E-state index contributed by atoms with van der Waals surface area (Å²) in [5.41, 5.74) is 8.22. The van der Waals surface area contributed by atoms with Crippen LogP contribution in [0.5, 0.6) is 0 Å². The van der Waals surface area contributed by atoms with E-state index in [9.17, 15) is 4.79 Å². The number of thioether (sulfide) groups is 1. The molecular formula is C15H19N4OS+. The number of carbonyl (C=O) groups excluding carboxylic acids is 1. The van der Waals surface area contributed by atoms with E-state index < -0.39 is 0 Å². The Morgan fingerprint density at radius 3 is 3.19 bits per heavy atom. The fraction of sp³-hybridized carbons (Fsp3) is 0.267. The molecule has 6 heteroatoms. The Bertz CT molecular complexity index is 644. The van der Waals surface area contributed by atoms with Crippen molar-refractivity contribution in [2.45, 2.75) is 12.5 Å². The monoisotopic (exact) mass is 303 g/mol. The van der Waals surface area contributed by atoms with Gasteiger partial charge >= 0.3 is 0 Å². The van der Waals surface area contributed by atoms with Crippen LogP contribution in [0.15, 0.2) is 41.6 Å². The molecule has 4 N–H and O–H groups in total. The Balaban J connectivity index is 1.95. The first-order valence-electron chi connectivity index (χ1n) is 6.70. The molecule has 21 heavy (non-hydrogen) atoms. The SMILES string of the molecule is CSCCC([NH3+])C(=O)NN=Cc1ccc2ncccc2c1. The van der Waals surface area contributed by atoms with Crippen molar-refractivity contribution < 1.29 is 10.5 Å². The number of benzene rings is 1. The number of carbonyl (C=O) groups is 1. The molecule has 0 radical (unpaired) electrons. The van der Waals surface area contributed by atoms with Crippen molar-refractivity contribution in [3.63, 3.8) is 0 Å². The van der Waals surface area contributed by atoms with E-state index in [4.69, 9.17) is 0 Å². The van der Waals surface area contributed by atoms with Gasteiger partial charge < -0.3 is 5.73 Å². The topological polar surface area (TPSA) is 82.0 Å². The van der Waals surface area contributed by atoms with E-state index in [0.717, 1.165) is 28.6 Å². The number of fused-ring (bicyclic) bond motifs is 1. The second-order valence-electron chi connectivity index (χ2n) is 4.67. The van der Waals surface area contributed by atoms with Gasteiger partial charge in [-0.15, -0.1) is 0 Å². The van der Waals surface area contributed by atoms with Gasteiger partial charge in [0.1, 0.15) is 0 Å². The van der Waals surface area contributed by atoms with Gasteiger partial charge in [0.2, 0.25) is 0 Å². The maximum absolute atomic E-state index is 11.7. The Kier molecular flexibility index (Phi) is 5.71. The lowest BCUT2D eigenvalue weighted by Gasteiger charge is -2.05. The number of quaternary nitrogens is 1. The number of aromatic nitrogens is 1. The molecular weight excluding hydrogens is 284 g/mol. The Hall–Kier alpha value is -1.92. The summed E-state index contributed by atoms with van der Waals surface area (Å²) < 4.78 is 0. The van der Waals surface area contributed by atoms with Crippen molar-refractivity contribution in [2.24, 2.45) is 5.10 Å². The van der Waals surface area contributed by atoms with E-state index in [-0.39, 0.29) is 11.9 Å². The number of rotatable bonds is 6. The fourth-order valence-corrected chi connectivity index (χ4v) is 2.35. The van der Waals surface area contributed by atoms with Crippen molar-refractivity contribution in [3.05, 3.63) is 42.1 Å². The summed E-state index contributed by atoms with van der Waals surface area (Å²) in [7, 11) is 0. The van der Waals surface area contributed by atoms with Crippen LogP contribution in [-0.2, 0) is 4.79 Å². The van der Waals surface area contributed by atoms with Crippen LogP contribution in [0.3, 0.4) is 0 Å². The van der Waals surface area contributed by atoms with E-state index >= 15 is 0 Å². The first kappa shape index (κ1) is 15.5. The van der Waals surface area contributed by atoms with Gasteiger partial charge in [-0.1, -0.05) is 12.1 Å². The van der Waals surface area contributed by atoms with Gasteiger partial charge in [0.15, 0.2) is 6.04 Å². The molecule has 0 aliphatic rings. The lowest BCUT2D eigenvalue weighted by Crippen LogP contribution is -2.67. The third kappa shape index (κ3) is 4.54. The Morgan fingerprint density at radius 1 is 1.52 bits per heavy atom. The van der Waals surface area contributed by atoms with Gasteiger partial charge in [0, 0.05) is 18.0 Å². The molecule has 2 aromatic rings. The van der Waals surface area contributed by atoms with Crippen LogP contribution in [0.4, 0.5) is 0 Å². The van der Waals surface area contributed by atoms with Crippen LogP contribution >= 0.6 is 11.8 Å². The highest BCUT2D eigenvalue weighted by molar-refractivity contribution is 7.98. The molecule has 1 aromatic carbocycles. The number of hydrogen-bond donors (Lipinski definition) is 2. The van der Waals surface area contributed by atoms with Gasteiger partial charge in [0.25, 0.3) is 5.91 Å². The summed E-state index contributed by atoms with van der Waals surface area (Å²) in [5.74, 6) is 0.769. The third-order valence-corrected chi connectivity index (χ3v) is 3.70. The predicted molar refractivity (Wildman–Crippen MR) is 87.2 cm³/mol. The zero-order valence-electron chi connectivity index (χ0n) is 12.0. The number of pyridine rings is 1. The van der Waals surface area contributed by atoms with Gasteiger partial charge in [-0.05, 0) is 35.8 Å². The average Bonchev–Trinajstić information content (AvgIpc) is 2.52. The van der Waals surface area contributed by atoms with Crippen LogP contribution in [0.1, 0.15) is 12.0 Å². The van der Waals surface area contributed by atoms with Crippen molar-refractivity contribution in [2.75, 3.05) is 12.0 Å². The molecule has 0 bridgehead atoms. The van der Waals surface area contributed by atoms with Crippen molar-refractivity contribution in [1.29, 1.82) is 0 Å². The second kappa shape index (κ2) is 7.75. The van der Waals surface area contributed by atoms with E-state index in [1.165, 1.54) is 0 Å². The van der Waals surface area contributed by atoms with Gasteiger partial charge in [-0.2, -0.15) is 16.9 Å². The molecule has 1 aromatic heterocycles. The second-order valence-corrected chi connectivity index (χ2v) is 5.65. The lowest BCUT2D eigenvalue weighted by atomic mass is 10.1. The number of hydrazone groups is 1. The van der Waals surface area contributed by atoms with E-state index in [2.05, 4.69) is 21.2 Å². The molecule has 5 nitrogen and oxygen atoms in total. The first-order valence-corrected chi connectivity index (χ1v) is 8.10. The molecule has 0 fully saturated rings. The highest BCUT2D eigenvalue weighted by atomic mass is 32.2. The molecule has 2 rings (SSSR count). The maximum Gasteiger partial charge on any atom is 0.298 e. The van der Waals surface area contributed by atoms with Crippen LogP contribution in [-0.4, -0.2) is 35.2 Å². The molecule has 1 heterocycles. The molecule has 0 saturated carbocycles. The predicted octanol–water partition coefficient (Wildman–Crippen LogP) is 1.05. The minimum Gasteiger partial charge on any atom is -0.347 e. The van der Waals surface area contributed by atoms with Gasteiger partial charge in [-0.25, -0.2) is 5.43 Å². The molecule has 0 spiro atoms. The largest absolute Gasteiger partial charge is 0.347 e.